The molecule has 0 saturated carbocycles. The van der Waals surface area contributed by atoms with Crippen LogP contribution in [0.2, 0.25) is 5.15 Å². The quantitative estimate of drug-likeness (QED) is 0.326. The molecule has 30 heavy (non-hydrogen) atoms. The molecule has 6 nitrogen and oxygen atoms in total. The smallest absolute Gasteiger partial charge is 0.311 e. The lowest BCUT2D eigenvalue weighted by Gasteiger charge is -2.07. The predicted molar refractivity (Wildman–Crippen MR) is 106 cm³/mol. The second-order valence-corrected chi connectivity index (χ2v) is 7.05. The van der Waals surface area contributed by atoms with Crippen LogP contribution in [-0.2, 0) is 11.2 Å². The van der Waals surface area contributed by atoms with Gasteiger partial charge < -0.3 is 14.0 Å². The standard InChI is InChI=1S/C22H15ClFNO5/c1-12-8-15(28-20(26)7-6-14-11-19(23)25-30-14)10-17-21(12)22(27)18(29-17)9-13-4-2-3-5-16(13)24/h2-5,8-11H,6-7H2,1H3/b18-9-. The minimum atomic E-state index is -0.492. The van der Waals surface area contributed by atoms with E-state index in [0.29, 0.717) is 16.9 Å². The summed E-state index contributed by atoms with van der Waals surface area (Å²) in [6.07, 6.45) is 1.69. The maximum atomic E-state index is 13.9. The number of carbonyl (C=O) groups is 2. The van der Waals surface area contributed by atoms with Gasteiger partial charge in [0.2, 0.25) is 5.78 Å². The van der Waals surface area contributed by atoms with Gasteiger partial charge in [-0.05, 0) is 30.7 Å². The number of allylic oxidation sites excluding steroid dienone is 1. The van der Waals surface area contributed by atoms with Gasteiger partial charge in [-0.1, -0.05) is 35.0 Å². The molecule has 0 radical (unpaired) electrons. The Labute approximate surface area is 175 Å². The molecule has 0 unspecified atom stereocenters. The van der Waals surface area contributed by atoms with Crippen molar-refractivity contribution in [2.24, 2.45) is 0 Å². The summed E-state index contributed by atoms with van der Waals surface area (Å²) in [6, 6.07) is 10.6. The fourth-order valence-electron chi connectivity index (χ4n) is 3.08. The van der Waals surface area contributed by atoms with E-state index < -0.39 is 11.8 Å². The van der Waals surface area contributed by atoms with Crippen molar-refractivity contribution in [2.45, 2.75) is 19.8 Å². The van der Waals surface area contributed by atoms with Crippen LogP contribution < -0.4 is 9.47 Å². The number of Topliss-reactive ketones (excluding diaryl/α,β-unsaturated/α-hetero) is 1. The Bertz CT molecular complexity index is 1180. The van der Waals surface area contributed by atoms with E-state index in [-0.39, 0.29) is 46.6 Å². The number of ketones is 1. The van der Waals surface area contributed by atoms with Gasteiger partial charge in [-0.25, -0.2) is 4.39 Å². The maximum absolute atomic E-state index is 13.9. The minimum Gasteiger partial charge on any atom is -0.452 e. The summed E-state index contributed by atoms with van der Waals surface area (Å²) in [4.78, 5) is 24.8. The molecule has 0 spiro atoms. The van der Waals surface area contributed by atoms with Crippen molar-refractivity contribution in [2.75, 3.05) is 0 Å². The number of hydrogen-bond acceptors (Lipinski definition) is 6. The SMILES string of the molecule is Cc1cc(OC(=O)CCc2cc(Cl)no2)cc2c1C(=O)/C(=C/c1ccccc1F)O2. The third-order valence-electron chi connectivity index (χ3n) is 4.47. The van der Waals surface area contributed by atoms with Gasteiger partial charge in [0.15, 0.2) is 10.9 Å². The molecule has 152 valence electrons. The molecule has 1 aliphatic heterocycles. The summed E-state index contributed by atoms with van der Waals surface area (Å²) in [5.74, 6) is -0.335. The lowest BCUT2D eigenvalue weighted by Crippen LogP contribution is -2.09. The molecule has 0 amide bonds. The van der Waals surface area contributed by atoms with Crippen molar-refractivity contribution in [3.63, 3.8) is 0 Å². The Balaban J connectivity index is 1.49. The number of aryl methyl sites for hydroxylation is 2. The van der Waals surface area contributed by atoms with Gasteiger partial charge in [0.05, 0.1) is 12.0 Å². The summed E-state index contributed by atoms with van der Waals surface area (Å²) >= 11 is 5.67. The molecular formula is C22H15ClFNO5. The predicted octanol–water partition coefficient (Wildman–Crippen LogP) is 4.93. The topological polar surface area (TPSA) is 78.6 Å². The fourth-order valence-corrected chi connectivity index (χ4v) is 3.24. The Hall–Kier alpha value is -3.45. The zero-order valence-electron chi connectivity index (χ0n) is 15.8. The first-order chi connectivity index (χ1) is 14.4. The Morgan fingerprint density at radius 3 is 2.80 bits per heavy atom. The average Bonchev–Trinajstić information content (AvgIpc) is 3.25. The maximum Gasteiger partial charge on any atom is 0.311 e. The fraction of sp³-hybridized carbons (Fsp3) is 0.136. The Kier molecular flexibility index (Phi) is 5.37. The molecule has 8 heteroatoms. The second-order valence-electron chi connectivity index (χ2n) is 6.66. The monoisotopic (exact) mass is 427 g/mol. The summed E-state index contributed by atoms with van der Waals surface area (Å²) in [7, 11) is 0. The molecule has 2 heterocycles. The van der Waals surface area contributed by atoms with Crippen LogP contribution in [-0.4, -0.2) is 16.9 Å². The van der Waals surface area contributed by atoms with Crippen molar-refractivity contribution in [1.29, 1.82) is 0 Å². The van der Waals surface area contributed by atoms with Crippen molar-refractivity contribution < 1.29 is 28.0 Å². The second kappa shape index (κ2) is 8.12. The number of esters is 1. The van der Waals surface area contributed by atoms with E-state index in [9.17, 15) is 14.0 Å². The van der Waals surface area contributed by atoms with Crippen LogP contribution in [0.5, 0.6) is 11.5 Å². The summed E-state index contributed by atoms with van der Waals surface area (Å²) in [6.45, 7) is 1.71. The van der Waals surface area contributed by atoms with Crippen molar-refractivity contribution in [3.8, 4) is 11.5 Å². The van der Waals surface area contributed by atoms with Gasteiger partial charge in [0, 0.05) is 24.1 Å². The number of rotatable bonds is 5. The third-order valence-corrected chi connectivity index (χ3v) is 4.65. The van der Waals surface area contributed by atoms with Crippen LogP contribution in [0.25, 0.3) is 6.08 Å². The van der Waals surface area contributed by atoms with E-state index in [1.165, 1.54) is 24.3 Å². The first-order valence-electron chi connectivity index (χ1n) is 9.06. The minimum absolute atomic E-state index is 0.00359. The summed E-state index contributed by atoms with van der Waals surface area (Å²) in [5.41, 5.74) is 1.18. The highest BCUT2D eigenvalue weighted by molar-refractivity contribution is 6.29. The number of fused-ring (bicyclic) bond motifs is 1. The molecule has 4 rings (SSSR count). The first kappa shape index (κ1) is 19.8. The van der Waals surface area contributed by atoms with Gasteiger partial charge in [0.1, 0.15) is 23.1 Å². The number of aromatic nitrogens is 1. The average molecular weight is 428 g/mol. The molecule has 1 aromatic heterocycles. The lowest BCUT2D eigenvalue weighted by atomic mass is 10.0. The number of halogens is 2. The van der Waals surface area contributed by atoms with Crippen LogP contribution in [0.1, 0.15) is 33.7 Å². The largest absolute Gasteiger partial charge is 0.452 e. The number of carbonyl (C=O) groups excluding carboxylic acids is 2. The highest BCUT2D eigenvalue weighted by Crippen LogP contribution is 2.37. The molecule has 0 aliphatic carbocycles. The van der Waals surface area contributed by atoms with Gasteiger partial charge in [-0.15, -0.1) is 0 Å². The number of nitrogens with zero attached hydrogens (tertiary/aromatic N) is 1. The zero-order valence-corrected chi connectivity index (χ0v) is 16.5. The third kappa shape index (κ3) is 4.11. The molecule has 0 fully saturated rings. The van der Waals surface area contributed by atoms with Gasteiger partial charge in [-0.2, -0.15) is 0 Å². The molecule has 0 bridgehead atoms. The van der Waals surface area contributed by atoms with Gasteiger partial charge >= 0.3 is 5.97 Å². The van der Waals surface area contributed by atoms with Crippen molar-refractivity contribution in [3.05, 3.63) is 81.6 Å². The molecule has 0 N–H and O–H groups in total. The number of hydrogen-bond donors (Lipinski definition) is 0. The van der Waals surface area contributed by atoms with Crippen LogP contribution >= 0.6 is 11.6 Å². The Morgan fingerprint density at radius 2 is 2.07 bits per heavy atom. The number of benzene rings is 2. The molecule has 2 aromatic carbocycles. The van der Waals surface area contributed by atoms with E-state index in [4.69, 9.17) is 25.6 Å². The zero-order chi connectivity index (χ0) is 21.3. The van der Waals surface area contributed by atoms with Crippen molar-refractivity contribution >= 4 is 29.4 Å². The Morgan fingerprint density at radius 1 is 1.27 bits per heavy atom. The van der Waals surface area contributed by atoms with Crippen LogP contribution in [0, 0.1) is 12.7 Å². The molecular weight excluding hydrogens is 413 g/mol. The van der Waals surface area contributed by atoms with E-state index in [1.807, 2.05) is 0 Å². The van der Waals surface area contributed by atoms with Crippen LogP contribution in [0.15, 0.2) is 52.7 Å². The normalized spacial score (nSPS) is 14.0. The van der Waals surface area contributed by atoms with E-state index in [1.54, 1.807) is 31.2 Å². The van der Waals surface area contributed by atoms with E-state index >= 15 is 0 Å². The van der Waals surface area contributed by atoms with Crippen LogP contribution in [0.3, 0.4) is 0 Å². The lowest BCUT2D eigenvalue weighted by molar-refractivity contribution is -0.134. The summed E-state index contributed by atoms with van der Waals surface area (Å²) < 4.78 is 29.8. The van der Waals surface area contributed by atoms with Gasteiger partial charge in [-0.3, -0.25) is 9.59 Å². The van der Waals surface area contributed by atoms with E-state index in [2.05, 4.69) is 5.16 Å². The van der Waals surface area contributed by atoms with E-state index in [0.717, 1.165) is 0 Å². The molecule has 0 atom stereocenters. The first-order valence-corrected chi connectivity index (χ1v) is 9.43. The molecule has 3 aromatic rings. The number of ether oxygens (including phenoxy) is 2. The van der Waals surface area contributed by atoms with Crippen LogP contribution in [0.4, 0.5) is 4.39 Å². The summed E-state index contributed by atoms with van der Waals surface area (Å²) in [5, 5.41) is 3.76. The van der Waals surface area contributed by atoms with Gasteiger partial charge in [0.25, 0.3) is 0 Å². The highest BCUT2D eigenvalue weighted by Gasteiger charge is 2.30. The highest BCUT2D eigenvalue weighted by atomic mass is 35.5. The molecule has 0 saturated heterocycles. The van der Waals surface area contributed by atoms with Crippen molar-refractivity contribution in [1.82, 2.24) is 5.16 Å². The molecule has 1 aliphatic rings.